The zero-order chi connectivity index (χ0) is 15.0. The number of aromatic nitrogens is 2. The van der Waals surface area contributed by atoms with Crippen LogP contribution in [0.15, 0.2) is 12.4 Å². The second kappa shape index (κ2) is 8.47. The molecule has 0 bridgehead atoms. The Bertz CT molecular complexity index is 405. The SMILES string of the molecule is CCNc1cnc(CN(CC)CC(=O)NC(C)C)cn1. The minimum atomic E-state index is 0.0408. The van der Waals surface area contributed by atoms with Gasteiger partial charge in [-0.3, -0.25) is 14.7 Å². The first-order chi connectivity index (χ1) is 9.55. The third kappa shape index (κ3) is 5.97. The third-order valence-corrected chi connectivity index (χ3v) is 2.71. The van der Waals surface area contributed by atoms with E-state index < -0.39 is 0 Å². The maximum atomic E-state index is 11.8. The number of nitrogens with one attached hydrogen (secondary N) is 2. The lowest BCUT2D eigenvalue weighted by Crippen LogP contribution is -2.39. The van der Waals surface area contributed by atoms with Crippen LogP contribution in [-0.2, 0) is 11.3 Å². The fourth-order valence-corrected chi connectivity index (χ4v) is 1.79. The summed E-state index contributed by atoms with van der Waals surface area (Å²) in [7, 11) is 0. The van der Waals surface area contributed by atoms with Gasteiger partial charge in [-0.2, -0.15) is 0 Å². The Morgan fingerprint density at radius 3 is 2.55 bits per heavy atom. The van der Waals surface area contributed by atoms with Gasteiger partial charge in [-0.05, 0) is 27.3 Å². The number of amides is 1. The molecule has 1 heterocycles. The number of anilines is 1. The van der Waals surface area contributed by atoms with E-state index in [0.717, 1.165) is 24.6 Å². The summed E-state index contributed by atoms with van der Waals surface area (Å²) in [5.74, 6) is 0.816. The number of likely N-dealkylation sites (N-methyl/N-ethyl adjacent to an activating group) is 1. The van der Waals surface area contributed by atoms with Crippen molar-refractivity contribution in [1.82, 2.24) is 20.2 Å². The molecule has 0 saturated carbocycles. The van der Waals surface area contributed by atoms with E-state index in [1.165, 1.54) is 0 Å². The van der Waals surface area contributed by atoms with E-state index in [4.69, 9.17) is 0 Å². The van der Waals surface area contributed by atoms with E-state index >= 15 is 0 Å². The highest BCUT2D eigenvalue weighted by atomic mass is 16.2. The van der Waals surface area contributed by atoms with Crippen molar-refractivity contribution in [1.29, 1.82) is 0 Å². The fourth-order valence-electron chi connectivity index (χ4n) is 1.79. The highest BCUT2D eigenvalue weighted by Crippen LogP contribution is 2.04. The largest absolute Gasteiger partial charge is 0.369 e. The highest BCUT2D eigenvalue weighted by molar-refractivity contribution is 5.78. The molecule has 0 unspecified atom stereocenters. The molecule has 1 aromatic heterocycles. The molecule has 1 amide bonds. The fraction of sp³-hybridized carbons (Fsp3) is 0.643. The predicted molar refractivity (Wildman–Crippen MR) is 80.4 cm³/mol. The van der Waals surface area contributed by atoms with Crippen molar-refractivity contribution in [2.75, 3.05) is 25.0 Å². The molecular formula is C14H25N5O. The molecule has 0 aromatic carbocycles. The molecule has 0 radical (unpaired) electrons. The van der Waals surface area contributed by atoms with Gasteiger partial charge in [-0.1, -0.05) is 6.92 Å². The zero-order valence-electron chi connectivity index (χ0n) is 12.8. The summed E-state index contributed by atoms with van der Waals surface area (Å²) in [6.07, 6.45) is 3.47. The van der Waals surface area contributed by atoms with Gasteiger partial charge in [0.25, 0.3) is 0 Å². The quantitative estimate of drug-likeness (QED) is 0.749. The van der Waals surface area contributed by atoms with Gasteiger partial charge in [0, 0.05) is 19.1 Å². The van der Waals surface area contributed by atoms with Crippen molar-refractivity contribution in [3.63, 3.8) is 0 Å². The molecule has 1 rings (SSSR count). The van der Waals surface area contributed by atoms with E-state index in [-0.39, 0.29) is 11.9 Å². The molecule has 0 aliphatic carbocycles. The summed E-state index contributed by atoms with van der Waals surface area (Å²) in [5, 5.41) is 6.00. The van der Waals surface area contributed by atoms with Gasteiger partial charge >= 0.3 is 0 Å². The average molecular weight is 279 g/mol. The van der Waals surface area contributed by atoms with Crippen LogP contribution in [0.2, 0.25) is 0 Å². The lowest BCUT2D eigenvalue weighted by molar-refractivity contribution is -0.122. The van der Waals surface area contributed by atoms with Crippen LogP contribution >= 0.6 is 0 Å². The third-order valence-electron chi connectivity index (χ3n) is 2.71. The monoisotopic (exact) mass is 279 g/mol. The van der Waals surface area contributed by atoms with Crippen molar-refractivity contribution < 1.29 is 4.79 Å². The van der Waals surface area contributed by atoms with Crippen molar-refractivity contribution >= 4 is 11.7 Å². The van der Waals surface area contributed by atoms with Gasteiger partial charge in [0.1, 0.15) is 5.82 Å². The Morgan fingerprint density at radius 2 is 2.05 bits per heavy atom. The summed E-state index contributed by atoms with van der Waals surface area (Å²) in [6, 6.07) is 0.167. The molecule has 0 aliphatic rings. The smallest absolute Gasteiger partial charge is 0.234 e. The Hall–Kier alpha value is -1.69. The zero-order valence-corrected chi connectivity index (χ0v) is 12.8. The minimum absolute atomic E-state index is 0.0408. The van der Waals surface area contributed by atoms with Crippen molar-refractivity contribution in [2.24, 2.45) is 0 Å². The van der Waals surface area contributed by atoms with Crippen molar-refractivity contribution in [3.8, 4) is 0 Å². The lowest BCUT2D eigenvalue weighted by atomic mass is 10.3. The Labute approximate surface area is 121 Å². The predicted octanol–water partition coefficient (Wildman–Crippen LogP) is 1.25. The second-order valence-corrected chi connectivity index (χ2v) is 4.95. The number of carbonyl (C=O) groups is 1. The molecule has 6 nitrogen and oxygen atoms in total. The van der Waals surface area contributed by atoms with Crippen LogP contribution < -0.4 is 10.6 Å². The molecule has 112 valence electrons. The molecule has 0 aliphatic heterocycles. The van der Waals surface area contributed by atoms with Crippen LogP contribution in [0.4, 0.5) is 5.82 Å². The van der Waals surface area contributed by atoms with Gasteiger partial charge in [-0.15, -0.1) is 0 Å². The maximum absolute atomic E-state index is 11.8. The first-order valence-corrected chi connectivity index (χ1v) is 7.11. The van der Waals surface area contributed by atoms with E-state index in [0.29, 0.717) is 13.1 Å². The van der Waals surface area contributed by atoms with E-state index in [1.54, 1.807) is 12.4 Å². The van der Waals surface area contributed by atoms with Gasteiger partial charge < -0.3 is 10.6 Å². The minimum Gasteiger partial charge on any atom is -0.369 e. The van der Waals surface area contributed by atoms with Gasteiger partial charge in [0.05, 0.1) is 24.6 Å². The molecule has 1 aromatic rings. The Balaban J connectivity index is 2.52. The van der Waals surface area contributed by atoms with Crippen LogP contribution in [-0.4, -0.2) is 46.5 Å². The lowest BCUT2D eigenvalue weighted by Gasteiger charge is -2.20. The van der Waals surface area contributed by atoms with E-state index in [9.17, 15) is 4.79 Å². The number of carbonyl (C=O) groups excluding carboxylic acids is 1. The number of hydrogen-bond acceptors (Lipinski definition) is 5. The van der Waals surface area contributed by atoms with Crippen molar-refractivity contribution in [2.45, 2.75) is 40.3 Å². The summed E-state index contributed by atoms with van der Waals surface area (Å²) in [6.45, 7) is 10.6. The number of nitrogens with zero attached hydrogens (tertiary/aromatic N) is 3. The first-order valence-electron chi connectivity index (χ1n) is 7.11. The van der Waals surface area contributed by atoms with E-state index in [2.05, 4.69) is 20.6 Å². The number of hydrogen-bond donors (Lipinski definition) is 2. The Morgan fingerprint density at radius 1 is 1.30 bits per heavy atom. The summed E-state index contributed by atoms with van der Waals surface area (Å²) in [4.78, 5) is 22.4. The standard InChI is InChI=1S/C14H25N5O/c1-5-15-13-8-16-12(7-17-13)9-19(6-2)10-14(20)18-11(3)4/h7-8,11H,5-6,9-10H2,1-4H3,(H,15,17)(H,18,20). The molecule has 20 heavy (non-hydrogen) atoms. The summed E-state index contributed by atoms with van der Waals surface area (Å²) >= 11 is 0. The molecule has 0 atom stereocenters. The van der Waals surface area contributed by atoms with Crippen molar-refractivity contribution in [3.05, 3.63) is 18.1 Å². The molecule has 0 saturated heterocycles. The van der Waals surface area contributed by atoms with Crippen LogP contribution in [0.1, 0.15) is 33.4 Å². The topological polar surface area (TPSA) is 70.2 Å². The summed E-state index contributed by atoms with van der Waals surface area (Å²) < 4.78 is 0. The molecule has 2 N–H and O–H groups in total. The molecule has 6 heteroatoms. The maximum Gasteiger partial charge on any atom is 0.234 e. The van der Waals surface area contributed by atoms with Crippen LogP contribution in [0, 0.1) is 0 Å². The highest BCUT2D eigenvalue weighted by Gasteiger charge is 2.11. The normalized spacial score (nSPS) is 10.9. The average Bonchev–Trinajstić information content (AvgIpc) is 2.39. The van der Waals surface area contributed by atoms with Gasteiger partial charge in [-0.25, -0.2) is 4.98 Å². The van der Waals surface area contributed by atoms with E-state index in [1.807, 2.05) is 32.6 Å². The molecule has 0 spiro atoms. The van der Waals surface area contributed by atoms with Crippen LogP contribution in [0.3, 0.4) is 0 Å². The number of rotatable bonds is 8. The van der Waals surface area contributed by atoms with Gasteiger partial charge in [0.2, 0.25) is 5.91 Å². The molecular weight excluding hydrogens is 254 g/mol. The molecule has 0 fully saturated rings. The first kappa shape index (κ1) is 16.4. The van der Waals surface area contributed by atoms with Crippen LogP contribution in [0.5, 0.6) is 0 Å². The van der Waals surface area contributed by atoms with Gasteiger partial charge in [0.15, 0.2) is 0 Å². The Kier molecular flexibility index (Phi) is 6.93. The second-order valence-electron chi connectivity index (χ2n) is 4.95. The van der Waals surface area contributed by atoms with Crippen LogP contribution in [0.25, 0.3) is 0 Å². The summed E-state index contributed by atoms with van der Waals surface area (Å²) in [5.41, 5.74) is 0.867.